The number of benzene rings is 1. The van der Waals surface area contributed by atoms with Gasteiger partial charge in [-0.1, -0.05) is 18.2 Å². The van der Waals surface area contributed by atoms with Gasteiger partial charge < -0.3 is 14.4 Å². The molecule has 1 N–H and O–H groups in total. The van der Waals surface area contributed by atoms with Gasteiger partial charge in [0.05, 0.1) is 12.8 Å². The van der Waals surface area contributed by atoms with Gasteiger partial charge in [0.25, 0.3) is 0 Å². The fourth-order valence-electron chi connectivity index (χ4n) is 2.53. The summed E-state index contributed by atoms with van der Waals surface area (Å²) in [5.74, 6) is -1.06. The van der Waals surface area contributed by atoms with Crippen LogP contribution in [0.5, 0.6) is 0 Å². The van der Waals surface area contributed by atoms with E-state index in [0.29, 0.717) is 12.8 Å². The summed E-state index contributed by atoms with van der Waals surface area (Å²) in [4.78, 5) is 24.3. The van der Waals surface area contributed by atoms with E-state index >= 15 is 0 Å². The highest BCUT2D eigenvalue weighted by Gasteiger charge is 2.36. The van der Waals surface area contributed by atoms with Gasteiger partial charge >= 0.3 is 5.97 Å². The van der Waals surface area contributed by atoms with Gasteiger partial charge in [-0.2, -0.15) is 0 Å². The van der Waals surface area contributed by atoms with E-state index in [0.717, 1.165) is 16.5 Å². The maximum atomic E-state index is 11.8. The standard InChI is InChI=1S/C14H13NO4/c16-13-6-5-11(14(17)18)15(13)7-9-8-19-12-4-2-1-3-10(9)12/h1-4,8,11H,5-7H2,(H,17,18). The third kappa shape index (κ3) is 1.97. The van der Waals surface area contributed by atoms with Crippen molar-refractivity contribution in [3.8, 4) is 0 Å². The number of carbonyl (C=O) groups is 2. The Bertz CT molecular complexity index is 646. The number of likely N-dealkylation sites (tertiary alicyclic amines) is 1. The lowest BCUT2D eigenvalue weighted by molar-refractivity contribution is -0.146. The molecule has 19 heavy (non-hydrogen) atoms. The molecule has 1 aromatic carbocycles. The van der Waals surface area contributed by atoms with Crippen molar-refractivity contribution in [2.24, 2.45) is 0 Å². The van der Waals surface area contributed by atoms with Crippen LogP contribution in [-0.4, -0.2) is 27.9 Å². The zero-order chi connectivity index (χ0) is 13.4. The number of furan rings is 1. The Morgan fingerprint density at radius 3 is 3.00 bits per heavy atom. The molecule has 1 aliphatic rings. The van der Waals surface area contributed by atoms with E-state index in [-0.39, 0.29) is 12.5 Å². The number of hydrogen-bond donors (Lipinski definition) is 1. The van der Waals surface area contributed by atoms with Crippen LogP contribution in [0, 0.1) is 0 Å². The quantitative estimate of drug-likeness (QED) is 0.915. The van der Waals surface area contributed by atoms with Gasteiger partial charge in [-0.25, -0.2) is 4.79 Å². The number of carbonyl (C=O) groups excluding carboxylic acids is 1. The maximum Gasteiger partial charge on any atom is 0.326 e. The lowest BCUT2D eigenvalue weighted by Crippen LogP contribution is -2.37. The molecule has 98 valence electrons. The first-order chi connectivity index (χ1) is 9.16. The first-order valence-electron chi connectivity index (χ1n) is 6.14. The van der Waals surface area contributed by atoms with E-state index in [9.17, 15) is 9.59 Å². The molecule has 5 nitrogen and oxygen atoms in total. The molecule has 1 atom stereocenters. The lowest BCUT2D eigenvalue weighted by atomic mass is 10.1. The molecule has 0 bridgehead atoms. The average molecular weight is 259 g/mol. The molecule has 2 aromatic rings. The summed E-state index contributed by atoms with van der Waals surface area (Å²) in [5, 5.41) is 10.0. The Kier molecular flexibility index (Phi) is 2.74. The molecule has 3 rings (SSSR count). The average Bonchev–Trinajstić information content (AvgIpc) is 2.96. The second kappa shape index (κ2) is 4.42. The summed E-state index contributed by atoms with van der Waals surface area (Å²) in [6.07, 6.45) is 2.27. The second-order valence-electron chi connectivity index (χ2n) is 4.67. The van der Waals surface area contributed by atoms with Gasteiger partial charge in [-0.15, -0.1) is 0 Å². The molecule has 0 radical (unpaired) electrons. The number of amides is 1. The molecular formula is C14H13NO4. The van der Waals surface area contributed by atoms with Crippen molar-refractivity contribution in [1.29, 1.82) is 0 Å². The lowest BCUT2D eigenvalue weighted by Gasteiger charge is -2.20. The summed E-state index contributed by atoms with van der Waals surface area (Å²) >= 11 is 0. The number of hydrogen-bond acceptors (Lipinski definition) is 3. The van der Waals surface area contributed by atoms with Gasteiger partial charge in [0.1, 0.15) is 11.6 Å². The monoisotopic (exact) mass is 259 g/mol. The van der Waals surface area contributed by atoms with E-state index in [2.05, 4.69) is 0 Å². The third-order valence-electron chi connectivity index (χ3n) is 3.52. The second-order valence-corrected chi connectivity index (χ2v) is 4.67. The Morgan fingerprint density at radius 1 is 1.42 bits per heavy atom. The number of carboxylic acids is 1. The normalized spacial score (nSPS) is 19.3. The van der Waals surface area contributed by atoms with Crippen molar-refractivity contribution in [2.75, 3.05) is 0 Å². The maximum absolute atomic E-state index is 11.8. The molecule has 2 heterocycles. The minimum absolute atomic E-state index is 0.113. The predicted molar refractivity (Wildman–Crippen MR) is 67.4 cm³/mol. The number of para-hydroxylation sites is 1. The third-order valence-corrected chi connectivity index (χ3v) is 3.52. The Hall–Kier alpha value is -2.30. The summed E-state index contributed by atoms with van der Waals surface area (Å²) in [7, 11) is 0. The van der Waals surface area contributed by atoms with Crippen molar-refractivity contribution in [2.45, 2.75) is 25.4 Å². The summed E-state index contributed by atoms with van der Waals surface area (Å²) in [6, 6.07) is 6.80. The Labute approximate surface area is 109 Å². The first kappa shape index (κ1) is 11.8. The van der Waals surface area contributed by atoms with Crippen LogP contribution < -0.4 is 0 Å². The zero-order valence-electron chi connectivity index (χ0n) is 10.2. The van der Waals surface area contributed by atoms with E-state index in [1.54, 1.807) is 6.26 Å². The summed E-state index contributed by atoms with van der Waals surface area (Å²) in [5.41, 5.74) is 1.59. The van der Waals surface area contributed by atoms with Crippen molar-refractivity contribution < 1.29 is 19.1 Å². The van der Waals surface area contributed by atoms with Crippen molar-refractivity contribution in [1.82, 2.24) is 4.90 Å². The molecule has 1 unspecified atom stereocenters. The van der Waals surface area contributed by atoms with E-state index in [4.69, 9.17) is 9.52 Å². The highest BCUT2D eigenvalue weighted by Crippen LogP contribution is 2.26. The van der Waals surface area contributed by atoms with Gasteiger partial charge in [0.2, 0.25) is 5.91 Å². The Balaban J connectivity index is 1.91. The molecule has 1 amide bonds. The van der Waals surface area contributed by atoms with E-state index < -0.39 is 12.0 Å². The van der Waals surface area contributed by atoms with Gasteiger partial charge in [-0.05, 0) is 12.5 Å². The van der Waals surface area contributed by atoms with Crippen LogP contribution in [0.4, 0.5) is 0 Å². The van der Waals surface area contributed by atoms with Crippen LogP contribution in [-0.2, 0) is 16.1 Å². The van der Waals surface area contributed by atoms with Crippen LogP contribution >= 0.6 is 0 Å². The molecule has 1 saturated heterocycles. The van der Waals surface area contributed by atoms with Crippen molar-refractivity contribution in [3.63, 3.8) is 0 Å². The predicted octanol–water partition coefficient (Wildman–Crippen LogP) is 2.01. The largest absolute Gasteiger partial charge is 0.480 e. The van der Waals surface area contributed by atoms with Crippen LogP contribution in [0.1, 0.15) is 18.4 Å². The highest BCUT2D eigenvalue weighted by molar-refractivity contribution is 5.88. The van der Waals surface area contributed by atoms with Gasteiger partial charge in [-0.3, -0.25) is 4.79 Å². The van der Waals surface area contributed by atoms with E-state index in [1.165, 1.54) is 4.90 Å². The van der Waals surface area contributed by atoms with Crippen LogP contribution in [0.15, 0.2) is 34.9 Å². The number of fused-ring (bicyclic) bond motifs is 1. The molecule has 0 saturated carbocycles. The molecule has 1 aliphatic heterocycles. The fourth-order valence-corrected chi connectivity index (χ4v) is 2.53. The Morgan fingerprint density at radius 2 is 2.21 bits per heavy atom. The SMILES string of the molecule is O=C(O)C1CCC(=O)N1Cc1coc2ccccc12. The number of aliphatic carboxylic acids is 1. The smallest absolute Gasteiger partial charge is 0.326 e. The van der Waals surface area contributed by atoms with Gasteiger partial charge in [0, 0.05) is 17.4 Å². The summed E-state index contributed by atoms with van der Waals surface area (Å²) < 4.78 is 5.40. The first-order valence-corrected chi connectivity index (χ1v) is 6.14. The minimum Gasteiger partial charge on any atom is -0.480 e. The van der Waals surface area contributed by atoms with Crippen LogP contribution in [0.25, 0.3) is 11.0 Å². The van der Waals surface area contributed by atoms with Crippen molar-refractivity contribution >= 4 is 22.8 Å². The van der Waals surface area contributed by atoms with Gasteiger partial charge in [0.15, 0.2) is 0 Å². The molecular weight excluding hydrogens is 246 g/mol. The number of carboxylic acid groups (broad SMARTS) is 1. The van der Waals surface area contributed by atoms with E-state index in [1.807, 2.05) is 24.3 Å². The highest BCUT2D eigenvalue weighted by atomic mass is 16.4. The molecule has 1 aromatic heterocycles. The number of rotatable bonds is 3. The minimum atomic E-state index is -0.946. The van der Waals surface area contributed by atoms with Crippen LogP contribution in [0.3, 0.4) is 0 Å². The number of nitrogens with zero attached hydrogens (tertiary/aromatic N) is 1. The van der Waals surface area contributed by atoms with Crippen LogP contribution in [0.2, 0.25) is 0 Å². The molecule has 1 fully saturated rings. The van der Waals surface area contributed by atoms with Crippen molar-refractivity contribution in [3.05, 3.63) is 36.1 Å². The fraction of sp³-hybridized carbons (Fsp3) is 0.286. The molecule has 5 heteroatoms. The topological polar surface area (TPSA) is 70.8 Å². The molecule has 0 aliphatic carbocycles. The molecule has 0 spiro atoms. The zero-order valence-corrected chi connectivity index (χ0v) is 10.2. The summed E-state index contributed by atoms with van der Waals surface area (Å²) in [6.45, 7) is 0.285.